The fourth-order valence-corrected chi connectivity index (χ4v) is 2.27. The molecule has 0 spiro atoms. The molecule has 4 heteroatoms. The number of halogens is 2. The van der Waals surface area contributed by atoms with Crippen LogP contribution in [0.2, 0.25) is 10.0 Å². The molecule has 0 bridgehead atoms. The number of nitrogens with zero attached hydrogens (tertiary/aromatic N) is 2. The lowest BCUT2D eigenvalue weighted by molar-refractivity contribution is 0.976. The van der Waals surface area contributed by atoms with Gasteiger partial charge in [0.1, 0.15) is 0 Å². The van der Waals surface area contributed by atoms with Gasteiger partial charge in [-0.3, -0.25) is 0 Å². The first-order chi connectivity index (χ1) is 9.22. The van der Waals surface area contributed by atoms with Gasteiger partial charge in [0.05, 0.1) is 6.67 Å². The molecule has 2 aromatic carbocycles. The molecule has 0 amide bonds. The summed E-state index contributed by atoms with van der Waals surface area (Å²) in [7, 11) is 0. The second-order valence-corrected chi connectivity index (χ2v) is 5.20. The van der Waals surface area contributed by atoms with Crippen LogP contribution in [-0.4, -0.2) is 6.67 Å². The molecule has 0 unspecified atom stereocenters. The molecule has 0 saturated carbocycles. The molecule has 0 aliphatic carbocycles. The van der Waals surface area contributed by atoms with E-state index >= 15 is 0 Å². The predicted molar refractivity (Wildman–Crippen MR) is 81.9 cm³/mol. The van der Waals surface area contributed by atoms with Gasteiger partial charge in [0.25, 0.3) is 0 Å². The molecule has 19 heavy (non-hydrogen) atoms. The van der Waals surface area contributed by atoms with E-state index in [2.05, 4.69) is 22.2 Å². The highest BCUT2D eigenvalue weighted by molar-refractivity contribution is 6.30. The molecule has 0 radical (unpaired) electrons. The number of benzene rings is 2. The van der Waals surface area contributed by atoms with Crippen LogP contribution in [0.25, 0.3) is 0 Å². The molecule has 0 N–H and O–H groups in total. The van der Waals surface area contributed by atoms with E-state index in [1.165, 1.54) is 0 Å². The van der Waals surface area contributed by atoms with E-state index in [1.54, 1.807) is 0 Å². The van der Waals surface area contributed by atoms with Crippen LogP contribution in [0.15, 0.2) is 60.9 Å². The van der Waals surface area contributed by atoms with E-state index in [0.29, 0.717) is 0 Å². The molecule has 0 fully saturated rings. The van der Waals surface area contributed by atoms with Crippen LogP contribution in [0.3, 0.4) is 0 Å². The third-order valence-corrected chi connectivity index (χ3v) is 3.55. The van der Waals surface area contributed by atoms with Gasteiger partial charge in [0, 0.05) is 33.8 Å². The summed E-state index contributed by atoms with van der Waals surface area (Å²) in [4.78, 5) is 4.32. The highest BCUT2D eigenvalue weighted by Gasteiger charge is 2.14. The van der Waals surface area contributed by atoms with Gasteiger partial charge in [-0.2, -0.15) is 0 Å². The Morgan fingerprint density at radius 3 is 1.37 bits per heavy atom. The second-order valence-electron chi connectivity index (χ2n) is 4.33. The predicted octanol–water partition coefficient (Wildman–Crippen LogP) is 4.75. The first-order valence-electron chi connectivity index (χ1n) is 5.95. The van der Waals surface area contributed by atoms with Gasteiger partial charge in [0.2, 0.25) is 0 Å². The molecule has 0 aromatic heterocycles. The van der Waals surface area contributed by atoms with E-state index in [-0.39, 0.29) is 0 Å². The topological polar surface area (TPSA) is 6.48 Å². The standard InChI is InChI=1S/C15H12Cl2N2/c16-12-1-5-14(6-2-12)18-9-10-19(11-18)15-7-3-13(17)4-8-15/h1-10H,11H2. The third kappa shape index (κ3) is 2.70. The van der Waals surface area contributed by atoms with Crippen LogP contribution < -0.4 is 9.80 Å². The van der Waals surface area contributed by atoms with Gasteiger partial charge in [-0.05, 0) is 48.5 Å². The van der Waals surface area contributed by atoms with Crippen molar-refractivity contribution < 1.29 is 0 Å². The summed E-state index contributed by atoms with van der Waals surface area (Å²) >= 11 is 11.8. The Morgan fingerprint density at radius 1 is 0.632 bits per heavy atom. The van der Waals surface area contributed by atoms with Crippen molar-refractivity contribution in [2.24, 2.45) is 0 Å². The van der Waals surface area contributed by atoms with E-state index in [1.807, 2.05) is 48.5 Å². The minimum atomic E-state index is 0.751. The summed E-state index contributed by atoms with van der Waals surface area (Å²) in [6, 6.07) is 15.6. The molecule has 1 heterocycles. The zero-order valence-electron chi connectivity index (χ0n) is 10.1. The van der Waals surface area contributed by atoms with Gasteiger partial charge in [0.15, 0.2) is 0 Å². The molecule has 96 valence electrons. The fraction of sp³-hybridized carbons (Fsp3) is 0.0667. The van der Waals surface area contributed by atoms with E-state index < -0.39 is 0 Å². The van der Waals surface area contributed by atoms with Gasteiger partial charge in [-0.15, -0.1) is 0 Å². The van der Waals surface area contributed by atoms with Crippen molar-refractivity contribution in [3.63, 3.8) is 0 Å². The average Bonchev–Trinajstić information content (AvgIpc) is 2.90. The lowest BCUT2D eigenvalue weighted by Gasteiger charge is -2.21. The van der Waals surface area contributed by atoms with Crippen LogP contribution in [-0.2, 0) is 0 Å². The zero-order valence-corrected chi connectivity index (χ0v) is 11.6. The summed E-state index contributed by atoms with van der Waals surface area (Å²) < 4.78 is 0. The van der Waals surface area contributed by atoms with Crippen LogP contribution >= 0.6 is 23.2 Å². The molecular weight excluding hydrogens is 279 g/mol. The first kappa shape index (κ1) is 12.4. The lowest BCUT2D eigenvalue weighted by atomic mass is 10.3. The SMILES string of the molecule is Clc1ccc(N2C=CN(c3ccc(Cl)cc3)C2)cc1. The summed E-state index contributed by atoms with van der Waals surface area (Å²) in [6.07, 6.45) is 4.11. The van der Waals surface area contributed by atoms with Gasteiger partial charge < -0.3 is 9.80 Å². The zero-order chi connectivity index (χ0) is 13.2. The molecular formula is C15H12Cl2N2. The van der Waals surface area contributed by atoms with Crippen LogP contribution in [0.5, 0.6) is 0 Å². The maximum Gasteiger partial charge on any atom is 0.0989 e. The first-order valence-corrected chi connectivity index (χ1v) is 6.71. The maximum absolute atomic E-state index is 5.90. The van der Waals surface area contributed by atoms with Gasteiger partial charge >= 0.3 is 0 Å². The fourth-order valence-electron chi connectivity index (χ4n) is 2.02. The summed E-state index contributed by atoms with van der Waals surface area (Å²) in [5.41, 5.74) is 2.24. The van der Waals surface area contributed by atoms with E-state index in [9.17, 15) is 0 Å². The summed E-state index contributed by atoms with van der Waals surface area (Å²) in [5.74, 6) is 0. The largest absolute Gasteiger partial charge is 0.328 e. The molecule has 2 nitrogen and oxygen atoms in total. The highest BCUT2D eigenvalue weighted by Crippen LogP contribution is 2.25. The minimum Gasteiger partial charge on any atom is -0.328 e. The molecule has 0 atom stereocenters. The molecule has 1 aliphatic heterocycles. The number of hydrogen-bond donors (Lipinski definition) is 0. The average molecular weight is 291 g/mol. The second kappa shape index (κ2) is 5.16. The van der Waals surface area contributed by atoms with Crippen LogP contribution in [0, 0.1) is 0 Å². The van der Waals surface area contributed by atoms with Crippen molar-refractivity contribution in [2.75, 3.05) is 16.5 Å². The Bertz CT molecular complexity index is 537. The molecule has 2 aromatic rings. The Kier molecular flexibility index (Phi) is 3.36. The van der Waals surface area contributed by atoms with E-state index in [4.69, 9.17) is 23.2 Å². The normalized spacial score (nSPS) is 14.2. The Hall–Kier alpha value is -1.64. The quantitative estimate of drug-likeness (QED) is 0.788. The van der Waals surface area contributed by atoms with Crippen molar-refractivity contribution in [2.45, 2.75) is 0 Å². The minimum absolute atomic E-state index is 0.751. The van der Waals surface area contributed by atoms with Crippen LogP contribution in [0.1, 0.15) is 0 Å². The molecule has 1 aliphatic rings. The summed E-state index contributed by atoms with van der Waals surface area (Å²) in [6.45, 7) is 0.781. The van der Waals surface area contributed by atoms with Crippen molar-refractivity contribution in [3.8, 4) is 0 Å². The van der Waals surface area contributed by atoms with Crippen molar-refractivity contribution in [1.29, 1.82) is 0 Å². The lowest BCUT2D eigenvalue weighted by Crippen LogP contribution is -2.24. The monoisotopic (exact) mass is 290 g/mol. The van der Waals surface area contributed by atoms with Crippen molar-refractivity contribution >= 4 is 34.6 Å². The maximum atomic E-state index is 5.90. The number of anilines is 2. The summed E-state index contributed by atoms with van der Waals surface area (Å²) in [5, 5.41) is 1.50. The molecule has 0 saturated heterocycles. The smallest absolute Gasteiger partial charge is 0.0989 e. The number of hydrogen-bond acceptors (Lipinski definition) is 2. The third-order valence-electron chi connectivity index (χ3n) is 3.05. The van der Waals surface area contributed by atoms with Gasteiger partial charge in [-0.25, -0.2) is 0 Å². The van der Waals surface area contributed by atoms with Crippen molar-refractivity contribution in [3.05, 3.63) is 71.0 Å². The number of rotatable bonds is 2. The van der Waals surface area contributed by atoms with Crippen LogP contribution in [0.4, 0.5) is 11.4 Å². The Balaban J connectivity index is 1.76. The molecule has 3 rings (SSSR count). The van der Waals surface area contributed by atoms with Crippen molar-refractivity contribution in [1.82, 2.24) is 0 Å². The highest BCUT2D eigenvalue weighted by atomic mass is 35.5. The van der Waals surface area contributed by atoms with E-state index in [0.717, 1.165) is 28.1 Å². The Labute approximate surface area is 122 Å². The van der Waals surface area contributed by atoms with Gasteiger partial charge in [-0.1, -0.05) is 23.2 Å². The Morgan fingerprint density at radius 2 is 1.00 bits per heavy atom.